The number of aliphatic carboxylic acids is 1. The number of carbonyl (C=O) groups excluding carboxylic acids is 1. The first-order valence-corrected chi connectivity index (χ1v) is 14.7. The van der Waals surface area contributed by atoms with Gasteiger partial charge < -0.3 is 25.0 Å². The number of carbonyl (C=O) groups is 2. The average Bonchev–Trinajstić information content (AvgIpc) is 3.00. The number of aliphatic hydroxyl groups is 1. The molecule has 3 aromatic carbocycles. The fourth-order valence-corrected chi connectivity index (χ4v) is 5.22. The molecule has 8 heteroatoms. The number of benzene rings is 3. The molecule has 4 atom stereocenters. The Labute approximate surface area is 248 Å². The van der Waals surface area contributed by atoms with E-state index < -0.39 is 12.3 Å². The Morgan fingerprint density at radius 3 is 2.38 bits per heavy atom. The van der Waals surface area contributed by atoms with Crippen molar-refractivity contribution in [3.8, 4) is 0 Å². The van der Waals surface area contributed by atoms with Crippen LogP contribution in [0.5, 0.6) is 0 Å². The number of aliphatic hydroxyl groups excluding tert-OH is 1. The van der Waals surface area contributed by atoms with Gasteiger partial charge in [0.1, 0.15) is 0 Å². The lowest BCUT2D eigenvalue weighted by atomic mass is 9.99. The van der Waals surface area contributed by atoms with Crippen LogP contribution in [0.1, 0.15) is 86.1 Å². The molecular formula is C34H42N2O6. The number of amides is 1. The third-order valence-corrected chi connectivity index (χ3v) is 7.79. The zero-order valence-corrected chi connectivity index (χ0v) is 24.4. The van der Waals surface area contributed by atoms with Crippen molar-refractivity contribution in [1.82, 2.24) is 4.90 Å². The van der Waals surface area contributed by atoms with Gasteiger partial charge in [-0.1, -0.05) is 73.2 Å². The quantitative estimate of drug-likeness (QED) is 0.192. The smallest absolute Gasteiger partial charge is 0.303 e. The number of carboxylic acid groups (broad SMARTS) is 1. The molecule has 0 aliphatic carbocycles. The molecule has 1 saturated heterocycles. The minimum absolute atomic E-state index is 0.0107. The molecule has 1 aliphatic rings. The van der Waals surface area contributed by atoms with Crippen LogP contribution in [0.3, 0.4) is 0 Å². The SMILES string of the molecule is CC(c1ccccc1)N(C)CC1CC(c2ccc(CO)cc2)OC(c2cccc(NC(=O)CCCCCC(=O)O)c2)O1. The molecule has 4 rings (SSSR count). The van der Waals surface area contributed by atoms with E-state index in [1.54, 1.807) is 0 Å². The molecule has 3 N–H and O–H groups in total. The zero-order chi connectivity index (χ0) is 29.9. The largest absolute Gasteiger partial charge is 0.481 e. The minimum Gasteiger partial charge on any atom is -0.481 e. The summed E-state index contributed by atoms with van der Waals surface area (Å²) in [5.74, 6) is -0.920. The molecule has 0 radical (unpaired) electrons. The first-order valence-electron chi connectivity index (χ1n) is 14.7. The summed E-state index contributed by atoms with van der Waals surface area (Å²) in [5, 5.41) is 21.2. The highest BCUT2D eigenvalue weighted by molar-refractivity contribution is 5.90. The van der Waals surface area contributed by atoms with Gasteiger partial charge in [0.25, 0.3) is 0 Å². The van der Waals surface area contributed by atoms with Crippen LogP contribution in [0.4, 0.5) is 5.69 Å². The lowest BCUT2D eigenvalue weighted by molar-refractivity contribution is -0.253. The molecule has 8 nitrogen and oxygen atoms in total. The van der Waals surface area contributed by atoms with Crippen LogP contribution >= 0.6 is 0 Å². The number of hydrogen-bond donors (Lipinski definition) is 3. The molecule has 0 saturated carbocycles. The Bertz CT molecular complexity index is 1280. The number of rotatable bonds is 14. The summed E-state index contributed by atoms with van der Waals surface area (Å²) < 4.78 is 13.0. The second kappa shape index (κ2) is 15.6. The van der Waals surface area contributed by atoms with Crippen LogP contribution in [0, 0.1) is 0 Å². The monoisotopic (exact) mass is 574 g/mol. The van der Waals surface area contributed by atoms with E-state index in [9.17, 15) is 14.7 Å². The van der Waals surface area contributed by atoms with E-state index in [0.717, 1.165) is 16.7 Å². The number of nitrogens with zero attached hydrogens (tertiary/aromatic N) is 1. The fraction of sp³-hybridized carbons (Fsp3) is 0.412. The van der Waals surface area contributed by atoms with Gasteiger partial charge in [-0.15, -0.1) is 0 Å². The van der Waals surface area contributed by atoms with Gasteiger partial charge >= 0.3 is 5.97 Å². The summed E-state index contributed by atoms with van der Waals surface area (Å²) >= 11 is 0. The van der Waals surface area contributed by atoms with Crippen molar-refractivity contribution in [2.75, 3.05) is 18.9 Å². The van der Waals surface area contributed by atoms with Crippen molar-refractivity contribution in [1.29, 1.82) is 0 Å². The van der Waals surface area contributed by atoms with Gasteiger partial charge in [-0.05, 0) is 55.6 Å². The maximum absolute atomic E-state index is 12.5. The second-order valence-corrected chi connectivity index (χ2v) is 11.0. The summed E-state index contributed by atoms with van der Waals surface area (Å²) in [4.78, 5) is 25.5. The lowest BCUT2D eigenvalue weighted by Gasteiger charge is -2.39. The summed E-state index contributed by atoms with van der Waals surface area (Å²) in [6.45, 7) is 2.89. The van der Waals surface area contributed by atoms with Gasteiger partial charge in [0.2, 0.25) is 5.91 Å². The van der Waals surface area contributed by atoms with Crippen molar-refractivity contribution in [2.45, 2.75) is 76.6 Å². The average molecular weight is 575 g/mol. The van der Waals surface area contributed by atoms with E-state index >= 15 is 0 Å². The van der Waals surface area contributed by atoms with E-state index in [4.69, 9.17) is 14.6 Å². The van der Waals surface area contributed by atoms with Crippen molar-refractivity contribution >= 4 is 17.6 Å². The summed E-state index contributed by atoms with van der Waals surface area (Å²) in [6, 6.07) is 26.0. The Kier molecular flexibility index (Phi) is 11.7. The number of carboxylic acids is 1. The molecular weight excluding hydrogens is 532 g/mol. The molecule has 224 valence electrons. The van der Waals surface area contributed by atoms with E-state index in [2.05, 4.69) is 48.5 Å². The highest BCUT2D eigenvalue weighted by Gasteiger charge is 2.33. The van der Waals surface area contributed by atoms with E-state index in [1.807, 2.05) is 54.6 Å². The highest BCUT2D eigenvalue weighted by atomic mass is 16.7. The summed E-state index contributed by atoms with van der Waals surface area (Å²) in [5.41, 5.74) is 4.59. The van der Waals surface area contributed by atoms with Crippen molar-refractivity contribution in [3.05, 3.63) is 101 Å². The third kappa shape index (κ3) is 9.22. The molecule has 42 heavy (non-hydrogen) atoms. The first kappa shape index (κ1) is 31.4. The zero-order valence-electron chi connectivity index (χ0n) is 24.4. The van der Waals surface area contributed by atoms with Gasteiger partial charge in [-0.2, -0.15) is 0 Å². The number of unbranched alkanes of at least 4 members (excludes halogenated alkanes) is 2. The topological polar surface area (TPSA) is 108 Å². The molecule has 1 heterocycles. The number of nitrogens with one attached hydrogen (secondary N) is 1. The third-order valence-electron chi connectivity index (χ3n) is 7.79. The highest BCUT2D eigenvalue weighted by Crippen LogP contribution is 2.39. The van der Waals surface area contributed by atoms with Gasteiger partial charge in [-0.25, -0.2) is 0 Å². The van der Waals surface area contributed by atoms with Gasteiger partial charge in [0.05, 0.1) is 18.8 Å². The predicted molar refractivity (Wildman–Crippen MR) is 162 cm³/mol. The maximum Gasteiger partial charge on any atom is 0.303 e. The Morgan fingerprint density at radius 2 is 1.67 bits per heavy atom. The van der Waals surface area contributed by atoms with Crippen molar-refractivity contribution in [3.63, 3.8) is 0 Å². The predicted octanol–water partition coefficient (Wildman–Crippen LogP) is 6.39. The first-order chi connectivity index (χ1) is 20.3. The van der Waals surface area contributed by atoms with Crippen molar-refractivity contribution in [2.24, 2.45) is 0 Å². The van der Waals surface area contributed by atoms with E-state index in [-0.39, 0.29) is 37.2 Å². The van der Waals surface area contributed by atoms with E-state index in [1.165, 1.54) is 5.56 Å². The molecule has 1 aliphatic heterocycles. The number of ether oxygens (including phenoxy) is 2. The Morgan fingerprint density at radius 1 is 0.929 bits per heavy atom. The molecule has 4 unspecified atom stereocenters. The Balaban J connectivity index is 1.45. The molecule has 0 spiro atoms. The number of anilines is 1. The number of likely N-dealkylation sites (N-methyl/N-ethyl adjacent to an activating group) is 1. The molecule has 1 fully saturated rings. The minimum atomic E-state index is -0.813. The summed E-state index contributed by atoms with van der Waals surface area (Å²) in [6.07, 6.45) is 2.11. The molecule has 3 aromatic rings. The van der Waals surface area contributed by atoms with Gasteiger partial charge in [-0.3, -0.25) is 14.5 Å². The Hall–Kier alpha value is -3.56. The van der Waals surface area contributed by atoms with Crippen LogP contribution < -0.4 is 5.32 Å². The van der Waals surface area contributed by atoms with Crippen molar-refractivity contribution < 1.29 is 29.3 Å². The summed E-state index contributed by atoms with van der Waals surface area (Å²) in [7, 11) is 2.11. The van der Waals surface area contributed by atoms with Crippen LogP contribution in [-0.4, -0.2) is 46.7 Å². The van der Waals surface area contributed by atoms with Crippen LogP contribution in [0.15, 0.2) is 78.9 Å². The number of hydrogen-bond acceptors (Lipinski definition) is 6. The molecule has 0 bridgehead atoms. The van der Waals surface area contributed by atoms with Crippen LogP contribution in [0.2, 0.25) is 0 Å². The van der Waals surface area contributed by atoms with E-state index in [0.29, 0.717) is 44.3 Å². The molecule has 1 amide bonds. The molecule has 0 aromatic heterocycles. The standard InChI is InChI=1S/C34H42N2O6/c1-24(26-10-5-3-6-11-26)36(2)22-30-21-31(27-18-16-25(23-37)17-19-27)42-34(41-30)28-12-9-13-29(20-28)35-32(38)14-7-4-8-15-33(39)40/h3,5-6,9-13,16-20,24,30-31,34,37H,4,7-8,14-15,21-23H2,1-2H3,(H,35,38)(H,39,40). The maximum atomic E-state index is 12.5. The fourth-order valence-electron chi connectivity index (χ4n) is 5.22. The lowest BCUT2D eigenvalue weighted by Crippen LogP contribution is -2.38. The van der Waals surface area contributed by atoms with Crippen LogP contribution in [-0.2, 0) is 25.7 Å². The van der Waals surface area contributed by atoms with Gasteiger partial charge in [0, 0.05) is 43.1 Å². The van der Waals surface area contributed by atoms with Crippen LogP contribution in [0.25, 0.3) is 0 Å². The normalized spacial score (nSPS) is 19.4. The second-order valence-electron chi connectivity index (χ2n) is 11.0. The van der Waals surface area contributed by atoms with Gasteiger partial charge in [0.15, 0.2) is 6.29 Å².